The van der Waals surface area contributed by atoms with Crippen molar-refractivity contribution in [2.24, 2.45) is 17.6 Å². The quantitative estimate of drug-likeness (QED) is 0.145. The zero-order chi connectivity index (χ0) is 23.1. The van der Waals surface area contributed by atoms with Gasteiger partial charge in [-0.25, -0.2) is 4.57 Å². The van der Waals surface area contributed by atoms with Crippen LogP contribution in [0.5, 0.6) is 0 Å². The molecule has 2 atom stereocenters. The van der Waals surface area contributed by atoms with E-state index in [1.54, 1.807) is 0 Å². The van der Waals surface area contributed by atoms with Gasteiger partial charge in [-0.05, 0) is 37.6 Å². The summed E-state index contributed by atoms with van der Waals surface area (Å²) in [6, 6.07) is 0. The molecule has 0 radical (unpaired) electrons. The van der Waals surface area contributed by atoms with E-state index in [9.17, 15) is 9.46 Å². The minimum atomic E-state index is -3.89. The average molecular weight is 452 g/mol. The summed E-state index contributed by atoms with van der Waals surface area (Å²) in [6.07, 6.45) is 16.6. The highest BCUT2D eigenvalue weighted by molar-refractivity contribution is 7.47. The first kappa shape index (κ1) is 32.3. The number of nitrogens with two attached hydrogens (primary N) is 1. The zero-order valence-electron chi connectivity index (χ0n) is 20.9. The third kappa shape index (κ3) is 22.7. The van der Waals surface area contributed by atoms with Crippen LogP contribution in [0.2, 0.25) is 0 Å². The summed E-state index contributed by atoms with van der Waals surface area (Å²) in [5, 5.41) is 0. The minimum absolute atomic E-state index is 0.316. The highest BCUT2D eigenvalue weighted by Gasteiger charge is 2.24. The van der Waals surface area contributed by atoms with Crippen LogP contribution in [-0.2, 0) is 13.6 Å². The topological polar surface area (TPSA) is 81.8 Å². The van der Waals surface area contributed by atoms with Crippen LogP contribution in [0.25, 0.3) is 0 Å². The van der Waals surface area contributed by atoms with Crippen molar-refractivity contribution in [3.63, 3.8) is 0 Å². The molecule has 0 rings (SSSR count). The van der Waals surface area contributed by atoms with Crippen molar-refractivity contribution in [2.75, 3.05) is 19.8 Å². The summed E-state index contributed by atoms with van der Waals surface area (Å²) < 4.78 is 22.2. The van der Waals surface area contributed by atoms with E-state index in [-0.39, 0.29) is 0 Å². The zero-order valence-corrected chi connectivity index (χ0v) is 21.8. The first-order chi connectivity index (χ1) is 14.4. The number of phosphoric ester groups is 1. The maximum Gasteiger partial charge on any atom is 0.472 e. The van der Waals surface area contributed by atoms with Gasteiger partial charge in [0.15, 0.2) is 0 Å². The van der Waals surface area contributed by atoms with Crippen molar-refractivity contribution in [1.82, 2.24) is 0 Å². The molecule has 0 spiro atoms. The van der Waals surface area contributed by atoms with E-state index >= 15 is 0 Å². The van der Waals surface area contributed by atoms with Gasteiger partial charge in [0.1, 0.15) is 0 Å². The largest absolute Gasteiger partial charge is 0.472 e. The second-order valence-electron chi connectivity index (χ2n) is 8.45. The number of rotatable bonds is 20. The lowest BCUT2D eigenvalue weighted by molar-refractivity contribution is 0.110. The molecule has 3 N–H and O–H groups in total. The maximum absolute atomic E-state index is 11.9. The number of hydrogen-bond donors (Lipinski definition) is 2. The van der Waals surface area contributed by atoms with Crippen LogP contribution >= 0.6 is 7.82 Å². The van der Waals surface area contributed by atoms with Gasteiger partial charge in [0.25, 0.3) is 0 Å². The Morgan fingerprint density at radius 2 is 1.10 bits per heavy atom. The molecular weight excluding hydrogens is 397 g/mol. The predicted octanol–water partition coefficient (Wildman–Crippen LogP) is 7.86. The summed E-state index contributed by atoms with van der Waals surface area (Å²) in [5.41, 5.74) is 5.34. The van der Waals surface area contributed by atoms with Gasteiger partial charge in [-0.3, -0.25) is 9.05 Å². The smallest absolute Gasteiger partial charge is 0.330 e. The summed E-state index contributed by atoms with van der Waals surface area (Å²) in [6.45, 7) is 12.2. The fraction of sp³-hybridized carbons (Fsp3) is 1.00. The fourth-order valence-corrected chi connectivity index (χ4v) is 4.03. The summed E-state index contributed by atoms with van der Waals surface area (Å²) in [5.74, 6) is 0.687. The molecule has 0 amide bonds. The Labute approximate surface area is 188 Å². The van der Waals surface area contributed by atoms with Gasteiger partial charge in [0, 0.05) is 0 Å². The molecule has 0 aromatic heterocycles. The molecule has 184 valence electrons. The van der Waals surface area contributed by atoms with Gasteiger partial charge in [0.05, 0.1) is 13.2 Å². The van der Waals surface area contributed by atoms with Gasteiger partial charge in [-0.2, -0.15) is 0 Å². The molecule has 6 heteroatoms. The highest BCUT2D eigenvalue weighted by Crippen LogP contribution is 2.44. The van der Waals surface area contributed by atoms with E-state index in [0.29, 0.717) is 25.0 Å². The van der Waals surface area contributed by atoms with Crippen molar-refractivity contribution in [1.29, 1.82) is 0 Å². The lowest BCUT2D eigenvalue weighted by Gasteiger charge is -2.20. The van der Waals surface area contributed by atoms with Crippen molar-refractivity contribution in [3.8, 4) is 0 Å². The molecule has 0 fully saturated rings. The predicted molar refractivity (Wildman–Crippen MR) is 131 cm³/mol. The molecule has 0 saturated carbocycles. The van der Waals surface area contributed by atoms with Gasteiger partial charge in [0.2, 0.25) is 0 Å². The van der Waals surface area contributed by atoms with Crippen LogP contribution in [0.15, 0.2) is 0 Å². The lowest BCUT2D eigenvalue weighted by Crippen LogP contribution is -2.12. The van der Waals surface area contributed by atoms with E-state index in [1.165, 1.54) is 38.5 Å². The molecule has 0 aromatic carbocycles. The first-order valence-electron chi connectivity index (χ1n) is 12.7. The van der Waals surface area contributed by atoms with E-state index in [1.807, 2.05) is 0 Å². The number of phosphoric acid groups is 1. The SMILES string of the molecule is CCCCC(CC)COP(=O)(O)OCC(CC)CCCC.CCCCCCCCN. The molecule has 0 heterocycles. The standard InChI is InChI=1S/C16H35O4P.C8H19N/c1-5-9-11-15(7-3)13-19-21(17,18)20-14-16(8-4)12-10-6-2;1-2-3-4-5-6-7-8-9/h15-16H,5-14H2,1-4H3,(H,17,18);2-9H2,1H3. The third-order valence-electron chi connectivity index (χ3n) is 5.59. The Morgan fingerprint density at radius 3 is 1.47 bits per heavy atom. The van der Waals surface area contributed by atoms with Gasteiger partial charge < -0.3 is 10.6 Å². The summed E-state index contributed by atoms with van der Waals surface area (Å²) >= 11 is 0. The third-order valence-corrected chi connectivity index (χ3v) is 6.54. The molecule has 2 unspecified atom stereocenters. The van der Waals surface area contributed by atoms with Crippen LogP contribution in [0.1, 0.15) is 125 Å². The van der Waals surface area contributed by atoms with Crippen LogP contribution in [0, 0.1) is 11.8 Å². The van der Waals surface area contributed by atoms with Crippen molar-refractivity contribution < 1.29 is 18.5 Å². The Bertz CT molecular complexity index is 352. The normalized spacial score (nSPS) is 15.2. The Morgan fingerprint density at radius 1 is 0.700 bits per heavy atom. The highest BCUT2D eigenvalue weighted by atomic mass is 31.2. The molecule has 30 heavy (non-hydrogen) atoms. The van der Waals surface area contributed by atoms with Crippen molar-refractivity contribution in [2.45, 2.75) is 125 Å². The van der Waals surface area contributed by atoms with Crippen molar-refractivity contribution in [3.05, 3.63) is 0 Å². The first-order valence-corrected chi connectivity index (χ1v) is 14.2. The van der Waals surface area contributed by atoms with E-state index in [4.69, 9.17) is 14.8 Å². The Hall–Kier alpha value is 0.0700. The van der Waals surface area contributed by atoms with Gasteiger partial charge in [-0.1, -0.05) is 105 Å². The summed E-state index contributed by atoms with van der Waals surface area (Å²) in [4.78, 5) is 9.77. The van der Waals surface area contributed by atoms with Crippen LogP contribution < -0.4 is 5.73 Å². The molecule has 0 aliphatic rings. The molecule has 0 bridgehead atoms. The minimum Gasteiger partial charge on any atom is -0.330 e. The van der Waals surface area contributed by atoms with Crippen LogP contribution in [-0.4, -0.2) is 24.7 Å². The second kappa shape index (κ2) is 23.7. The van der Waals surface area contributed by atoms with Gasteiger partial charge >= 0.3 is 7.82 Å². The monoisotopic (exact) mass is 451 g/mol. The molecule has 5 nitrogen and oxygen atoms in total. The van der Waals surface area contributed by atoms with E-state index in [2.05, 4.69) is 34.6 Å². The Balaban J connectivity index is 0. The number of hydrogen-bond acceptors (Lipinski definition) is 4. The maximum atomic E-state index is 11.9. The van der Waals surface area contributed by atoms with E-state index < -0.39 is 7.82 Å². The average Bonchev–Trinajstić information content (AvgIpc) is 2.74. The summed E-state index contributed by atoms with van der Waals surface area (Å²) in [7, 11) is -3.89. The van der Waals surface area contributed by atoms with Gasteiger partial charge in [-0.15, -0.1) is 0 Å². The van der Waals surface area contributed by atoms with E-state index in [0.717, 1.165) is 57.9 Å². The molecule has 0 aliphatic heterocycles. The number of unbranched alkanes of at least 4 members (excludes halogenated alkanes) is 7. The molecule has 0 saturated heterocycles. The fourth-order valence-electron chi connectivity index (χ4n) is 3.16. The van der Waals surface area contributed by atoms with Crippen LogP contribution in [0.3, 0.4) is 0 Å². The molecular formula is C24H54NO4P. The lowest BCUT2D eigenvalue weighted by atomic mass is 10.0. The Kier molecular flexibility index (Phi) is 25.5. The molecule has 0 aromatic rings. The second-order valence-corrected chi connectivity index (χ2v) is 9.90. The van der Waals surface area contributed by atoms with Crippen molar-refractivity contribution >= 4 is 7.82 Å². The molecule has 0 aliphatic carbocycles. The van der Waals surface area contributed by atoms with Crippen LogP contribution in [0.4, 0.5) is 0 Å².